The minimum Gasteiger partial charge on any atom is -0.466 e. The van der Waals surface area contributed by atoms with Gasteiger partial charge in [0.05, 0.1) is 24.7 Å². The number of carbonyl (C=O) groups is 3. The average molecular weight is 423 g/mol. The Morgan fingerprint density at radius 1 is 1.23 bits per heavy atom. The zero-order valence-corrected chi connectivity index (χ0v) is 18.0. The lowest BCUT2D eigenvalue weighted by molar-refractivity contribution is -0.160. The number of amides is 2. The van der Waals surface area contributed by atoms with E-state index in [9.17, 15) is 19.5 Å². The molecule has 5 atom stereocenters. The molecule has 2 unspecified atom stereocenters. The van der Waals surface area contributed by atoms with Crippen LogP contribution >= 0.6 is 0 Å². The summed E-state index contributed by atoms with van der Waals surface area (Å²) < 4.78 is 11.9. The van der Waals surface area contributed by atoms with Crippen molar-refractivity contribution in [3.8, 4) is 0 Å². The molecule has 2 amide bonds. The average Bonchev–Trinajstić information content (AvgIpc) is 3.33. The fourth-order valence-electron chi connectivity index (χ4n) is 6.48. The molecule has 0 aromatic rings. The third-order valence-corrected chi connectivity index (χ3v) is 7.76. The quantitative estimate of drug-likeness (QED) is 0.596. The molecule has 4 rings (SSSR count). The van der Waals surface area contributed by atoms with E-state index in [0.29, 0.717) is 19.3 Å². The maximum Gasteiger partial charge on any atom is 0.312 e. The molecule has 3 aliphatic heterocycles. The number of hydrogen-bond donors (Lipinski definition) is 2. The summed E-state index contributed by atoms with van der Waals surface area (Å²) in [5, 5.41) is 12.7. The van der Waals surface area contributed by atoms with Crippen molar-refractivity contribution in [2.75, 3.05) is 19.8 Å². The van der Waals surface area contributed by atoms with Crippen molar-refractivity contribution in [2.45, 2.75) is 88.5 Å². The Kier molecular flexibility index (Phi) is 5.83. The van der Waals surface area contributed by atoms with Crippen LogP contribution in [0.2, 0.25) is 0 Å². The van der Waals surface area contributed by atoms with E-state index < -0.39 is 35.0 Å². The molecule has 2 bridgehead atoms. The summed E-state index contributed by atoms with van der Waals surface area (Å²) in [5.74, 6) is -2.36. The Morgan fingerprint density at radius 3 is 2.60 bits per heavy atom. The first-order valence-electron chi connectivity index (χ1n) is 11.5. The van der Waals surface area contributed by atoms with Crippen molar-refractivity contribution in [1.82, 2.24) is 10.2 Å². The highest BCUT2D eigenvalue weighted by Gasteiger charge is 2.79. The van der Waals surface area contributed by atoms with Crippen LogP contribution in [0.1, 0.15) is 65.2 Å². The molecule has 0 aromatic carbocycles. The number of nitrogens with zero attached hydrogens (tertiary/aromatic N) is 1. The van der Waals surface area contributed by atoms with Crippen molar-refractivity contribution in [1.29, 1.82) is 0 Å². The smallest absolute Gasteiger partial charge is 0.312 e. The van der Waals surface area contributed by atoms with Gasteiger partial charge in [0, 0.05) is 12.6 Å². The van der Waals surface area contributed by atoms with Crippen LogP contribution in [0.5, 0.6) is 0 Å². The number of likely N-dealkylation sites (tertiary alicyclic amines) is 1. The molecular weight excluding hydrogens is 388 g/mol. The molecule has 4 aliphatic rings. The molecule has 8 nitrogen and oxygen atoms in total. The molecule has 0 aromatic heterocycles. The minimum atomic E-state index is -1.03. The molecule has 3 saturated heterocycles. The number of ether oxygens (including phenoxy) is 2. The van der Waals surface area contributed by atoms with Gasteiger partial charge >= 0.3 is 5.97 Å². The number of fused-ring (bicyclic) bond motifs is 1. The lowest BCUT2D eigenvalue weighted by Crippen LogP contribution is -2.57. The van der Waals surface area contributed by atoms with Crippen LogP contribution in [0.25, 0.3) is 0 Å². The summed E-state index contributed by atoms with van der Waals surface area (Å²) in [7, 11) is 0. The standard InChI is InChI=1S/C22H34N2O6/c1-3-21-10-11-22(30-21)15(16(21)20(28)29-4-2)19(27)24(12-13-25)17(22)18(26)23-14-8-6-5-7-9-14/h14-17,25H,3-13H2,1-2H3,(H,23,26)/t15-,16-,17?,21+,22?/m0/s1. The summed E-state index contributed by atoms with van der Waals surface area (Å²) in [6.07, 6.45) is 6.99. The number of rotatable bonds is 7. The highest BCUT2D eigenvalue weighted by Crippen LogP contribution is 2.64. The van der Waals surface area contributed by atoms with E-state index in [1.165, 1.54) is 11.3 Å². The highest BCUT2D eigenvalue weighted by molar-refractivity contribution is 5.98. The monoisotopic (exact) mass is 422 g/mol. The Hall–Kier alpha value is -1.67. The molecule has 1 spiro atoms. The van der Waals surface area contributed by atoms with E-state index >= 15 is 0 Å². The molecule has 8 heteroatoms. The summed E-state index contributed by atoms with van der Waals surface area (Å²) in [4.78, 5) is 41.3. The lowest BCUT2D eigenvalue weighted by atomic mass is 9.65. The van der Waals surface area contributed by atoms with Crippen molar-refractivity contribution < 1.29 is 29.0 Å². The van der Waals surface area contributed by atoms with Crippen LogP contribution in [0.4, 0.5) is 0 Å². The summed E-state index contributed by atoms with van der Waals surface area (Å²) >= 11 is 0. The van der Waals surface area contributed by atoms with Gasteiger partial charge in [-0.15, -0.1) is 0 Å². The molecule has 1 aliphatic carbocycles. The van der Waals surface area contributed by atoms with Crippen LogP contribution in [0, 0.1) is 11.8 Å². The predicted molar refractivity (Wildman–Crippen MR) is 107 cm³/mol. The van der Waals surface area contributed by atoms with Gasteiger partial charge < -0.3 is 24.8 Å². The second-order valence-electron chi connectivity index (χ2n) is 9.18. The summed E-state index contributed by atoms with van der Waals surface area (Å²) in [5.41, 5.74) is -1.79. The van der Waals surface area contributed by atoms with E-state index in [4.69, 9.17) is 9.47 Å². The molecule has 2 N–H and O–H groups in total. The highest BCUT2D eigenvalue weighted by atomic mass is 16.6. The third-order valence-electron chi connectivity index (χ3n) is 7.76. The third kappa shape index (κ3) is 3.06. The number of aliphatic hydroxyl groups excluding tert-OH is 1. The molecule has 30 heavy (non-hydrogen) atoms. The second kappa shape index (κ2) is 8.11. The van der Waals surface area contributed by atoms with E-state index in [2.05, 4.69) is 5.32 Å². The van der Waals surface area contributed by atoms with Crippen molar-refractivity contribution >= 4 is 17.8 Å². The first kappa shape index (κ1) is 21.6. The van der Waals surface area contributed by atoms with Crippen LogP contribution < -0.4 is 5.32 Å². The number of esters is 1. The Labute approximate surface area is 177 Å². The number of aliphatic hydroxyl groups is 1. The largest absolute Gasteiger partial charge is 0.466 e. The van der Waals surface area contributed by atoms with Crippen LogP contribution in [-0.2, 0) is 23.9 Å². The first-order chi connectivity index (χ1) is 14.4. The minimum absolute atomic E-state index is 0.0534. The van der Waals surface area contributed by atoms with Crippen molar-refractivity contribution in [2.24, 2.45) is 11.8 Å². The van der Waals surface area contributed by atoms with Gasteiger partial charge in [-0.1, -0.05) is 26.2 Å². The molecule has 1 saturated carbocycles. The fourth-order valence-corrected chi connectivity index (χ4v) is 6.48. The Morgan fingerprint density at radius 2 is 1.97 bits per heavy atom. The van der Waals surface area contributed by atoms with Gasteiger partial charge in [-0.2, -0.15) is 0 Å². The zero-order chi connectivity index (χ0) is 21.5. The van der Waals surface area contributed by atoms with Gasteiger partial charge in [-0.05, 0) is 39.0 Å². The molecule has 3 heterocycles. The SMILES string of the molecule is CCOC(=O)[C@@H]1[C@H]2C(=O)N(CCO)C(C(=O)NC3CCCCC3)C23CC[C@@]1(CC)O3. The number of hydrogen-bond acceptors (Lipinski definition) is 6. The van der Waals surface area contributed by atoms with E-state index in [1.54, 1.807) is 6.92 Å². The first-order valence-corrected chi connectivity index (χ1v) is 11.5. The van der Waals surface area contributed by atoms with Crippen molar-refractivity contribution in [3.05, 3.63) is 0 Å². The zero-order valence-electron chi connectivity index (χ0n) is 18.0. The van der Waals surface area contributed by atoms with E-state index in [1.807, 2.05) is 6.92 Å². The maximum absolute atomic E-state index is 13.5. The Balaban J connectivity index is 1.69. The van der Waals surface area contributed by atoms with Gasteiger partial charge in [-0.3, -0.25) is 14.4 Å². The molecule has 0 radical (unpaired) electrons. The van der Waals surface area contributed by atoms with Gasteiger partial charge in [0.2, 0.25) is 11.8 Å². The normalized spacial score (nSPS) is 38.0. The second-order valence-corrected chi connectivity index (χ2v) is 9.18. The van der Waals surface area contributed by atoms with E-state index in [0.717, 1.165) is 25.7 Å². The van der Waals surface area contributed by atoms with Gasteiger partial charge in [0.25, 0.3) is 0 Å². The van der Waals surface area contributed by atoms with Gasteiger partial charge in [-0.25, -0.2) is 0 Å². The van der Waals surface area contributed by atoms with Gasteiger partial charge in [0.15, 0.2) is 0 Å². The van der Waals surface area contributed by atoms with E-state index in [-0.39, 0.29) is 37.6 Å². The Bertz CT molecular complexity index is 708. The predicted octanol–water partition coefficient (Wildman–Crippen LogP) is 1.15. The molecule has 4 fully saturated rings. The van der Waals surface area contributed by atoms with Crippen molar-refractivity contribution in [3.63, 3.8) is 0 Å². The van der Waals surface area contributed by atoms with Gasteiger partial charge in [0.1, 0.15) is 17.6 Å². The summed E-state index contributed by atoms with van der Waals surface area (Å²) in [6.45, 7) is 3.74. The van der Waals surface area contributed by atoms with Crippen LogP contribution in [0.3, 0.4) is 0 Å². The topological polar surface area (TPSA) is 105 Å². The van der Waals surface area contributed by atoms with Crippen LogP contribution in [-0.4, -0.2) is 70.8 Å². The molecular formula is C22H34N2O6. The number of β-amino-alcohol motifs (C(OH)–C–C–N with tert-alkyl or cyclic N) is 1. The fraction of sp³-hybridized carbons (Fsp3) is 0.864. The number of carbonyl (C=O) groups excluding carboxylic acids is 3. The maximum atomic E-state index is 13.5. The number of nitrogens with one attached hydrogen (secondary N) is 1. The molecule has 168 valence electrons. The summed E-state index contributed by atoms with van der Waals surface area (Å²) in [6, 6.07) is -0.718. The lowest BCUT2D eigenvalue weighted by Gasteiger charge is -2.35. The van der Waals surface area contributed by atoms with Crippen LogP contribution in [0.15, 0.2) is 0 Å².